The number of hydrogen-bond acceptors (Lipinski definition) is 5. The van der Waals surface area contributed by atoms with Gasteiger partial charge in [0.25, 0.3) is 0 Å². The van der Waals surface area contributed by atoms with Gasteiger partial charge in [-0.05, 0) is 37.8 Å². The minimum atomic E-state index is -0.414. The Morgan fingerprint density at radius 1 is 1.35 bits per heavy atom. The van der Waals surface area contributed by atoms with Gasteiger partial charge in [-0.1, -0.05) is 42.4 Å². The summed E-state index contributed by atoms with van der Waals surface area (Å²) in [6, 6.07) is 10.3. The molecule has 1 aromatic heterocycles. The van der Waals surface area contributed by atoms with Gasteiger partial charge in [-0.25, -0.2) is 0 Å². The van der Waals surface area contributed by atoms with Gasteiger partial charge in [-0.15, -0.1) is 0 Å². The summed E-state index contributed by atoms with van der Waals surface area (Å²) in [6.07, 6.45) is 4.46. The maximum Gasteiger partial charge on any atom is 0.226 e. The Labute approximate surface area is 137 Å². The first-order valence-corrected chi connectivity index (χ1v) is 8.54. The molecule has 3 rings (SSSR count). The lowest BCUT2D eigenvalue weighted by molar-refractivity contribution is 0.116. The summed E-state index contributed by atoms with van der Waals surface area (Å²) in [5.74, 6) is 1.48. The molecule has 1 fully saturated rings. The van der Waals surface area contributed by atoms with Crippen molar-refractivity contribution in [1.29, 1.82) is 0 Å². The Hall–Kier alpha value is -1.72. The molecule has 2 aromatic rings. The first-order valence-electron chi connectivity index (χ1n) is 8.54. The van der Waals surface area contributed by atoms with Crippen molar-refractivity contribution < 1.29 is 9.63 Å². The maximum absolute atomic E-state index is 10.5. The van der Waals surface area contributed by atoms with Crippen molar-refractivity contribution in [2.24, 2.45) is 0 Å². The fourth-order valence-electron chi connectivity index (χ4n) is 3.29. The van der Waals surface area contributed by atoms with Gasteiger partial charge in [0.05, 0.1) is 12.6 Å². The first-order chi connectivity index (χ1) is 11.3. The molecule has 0 amide bonds. The number of aliphatic hydroxyl groups is 1. The molecule has 0 spiro atoms. The third-order valence-corrected chi connectivity index (χ3v) is 4.50. The zero-order valence-corrected chi connectivity index (χ0v) is 13.7. The van der Waals surface area contributed by atoms with Crippen LogP contribution in [0.3, 0.4) is 0 Å². The minimum Gasteiger partial charge on any atom is -0.388 e. The van der Waals surface area contributed by atoms with Crippen molar-refractivity contribution in [3.8, 4) is 0 Å². The number of aromatic nitrogens is 2. The van der Waals surface area contributed by atoms with E-state index in [0.717, 1.165) is 55.9 Å². The topological polar surface area (TPSA) is 62.4 Å². The molecule has 1 N–H and O–H groups in total. The van der Waals surface area contributed by atoms with E-state index < -0.39 is 6.10 Å². The lowest BCUT2D eigenvalue weighted by atomic mass is 10.0. The molecule has 0 saturated carbocycles. The van der Waals surface area contributed by atoms with E-state index >= 15 is 0 Å². The average Bonchev–Trinajstić information content (AvgIpc) is 3.19. The van der Waals surface area contributed by atoms with E-state index in [1.807, 2.05) is 30.3 Å². The van der Waals surface area contributed by atoms with Crippen LogP contribution in [0.15, 0.2) is 34.9 Å². The van der Waals surface area contributed by atoms with Gasteiger partial charge in [-0.2, -0.15) is 4.98 Å². The summed E-state index contributed by atoms with van der Waals surface area (Å²) in [4.78, 5) is 6.82. The maximum atomic E-state index is 10.5. The fourth-order valence-corrected chi connectivity index (χ4v) is 3.29. The van der Waals surface area contributed by atoms with Gasteiger partial charge in [0.15, 0.2) is 5.82 Å². The van der Waals surface area contributed by atoms with E-state index in [4.69, 9.17) is 4.52 Å². The Bertz CT molecular complexity index is 599. The van der Waals surface area contributed by atoms with Crippen LogP contribution in [0.1, 0.15) is 56.0 Å². The first kappa shape index (κ1) is 16.1. The number of hydrogen-bond donors (Lipinski definition) is 1. The summed E-state index contributed by atoms with van der Waals surface area (Å²) in [6.45, 7) is 3.84. The molecule has 23 heavy (non-hydrogen) atoms. The molecule has 1 aliphatic rings. The second-order valence-corrected chi connectivity index (χ2v) is 6.28. The minimum absolute atomic E-state index is 0.373. The molecule has 2 heterocycles. The Morgan fingerprint density at radius 2 is 2.17 bits per heavy atom. The number of aryl methyl sites for hydroxylation is 1. The molecule has 0 radical (unpaired) electrons. The summed E-state index contributed by atoms with van der Waals surface area (Å²) >= 11 is 0. The van der Waals surface area contributed by atoms with Crippen LogP contribution in [-0.4, -0.2) is 32.7 Å². The molecule has 124 valence electrons. The van der Waals surface area contributed by atoms with Crippen LogP contribution in [0.2, 0.25) is 0 Å². The number of nitrogens with zero attached hydrogens (tertiary/aromatic N) is 3. The summed E-state index contributed by atoms with van der Waals surface area (Å²) in [5.41, 5.74) is 0.990. The quantitative estimate of drug-likeness (QED) is 0.850. The number of benzene rings is 1. The van der Waals surface area contributed by atoms with E-state index in [1.165, 1.54) is 0 Å². The largest absolute Gasteiger partial charge is 0.388 e. The molecule has 2 atom stereocenters. The summed E-state index contributed by atoms with van der Waals surface area (Å²) in [5, 5.41) is 14.5. The highest BCUT2D eigenvalue weighted by Gasteiger charge is 2.28. The van der Waals surface area contributed by atoms with Gasteiger partial charge in [0, 0.05) is 12.5 Å². The molecule has 0 bridgehead atoms. The van der Waals surface area contributed by atoms with Crippen molar-refractivity contribution >= 4 is 0 Å². The van der Waals surface area contributed by atoms with Crippen LogP contribution in [0.5, 0.6) is 0 Å². The monoisotopic (exact) mass is 315 g/mol. The van der Waals surface area contributed by atoms with Crippen LogP contribution >= 0.6 is 0 Å². The normalized spacial score (nSPS) is 20.0. The predicted octanol–water partition coefficient (Wildman–Crippen LogP) is 3.11. The fraction of sp³-hybridized carbons (Fsp3) is 0.556. The van der Waals surface area contributed by atoms with Crippen LogP contribution in [0.4, 0.5) is 0 Å². The van der Waals surface area contributed by atoms with Gasteiger partial charge in [0.1, 0.15) is 0 Å². The molecular formula is C18H25N3O2. The number of likely N-dealkylation sites (tertiary alicyclic amines) is 1. The van der Waals surface area contributed by atoms with Gasteiger partial charge in [0.2, 0.25) is 5.89 Å². The molecular weight excluding hydrogens is 290 g/mol. The van der Waals surface area contributed by atoms with E-state index in [1.54, 1.807) is 0 Å². The third-order valence-electron chi connectivity index (χ3n) is 4.50. The zero-order chi connectivity index (χ0) is 16.1. The average molecular weight is 315 g/mol. The van der Waals surface area contributed by atoms with Crippen molar-refractivity contribution in [3.05, 3.63) is 47.6 Å². The molecule has 5 heteroatoms. The van der Waals surface area contributed by atoms with Crippen molar-refractivity contribution in [3.63, 3.8) is 0 Å². The smallest absolute Gasteiger partial charge is 0.226 e. The SMILES string of the molecule is CCCc1nc(CN2CCCC2CC(O)c2ccccc2)no1. The van der Waals surface area contributed by atoms with E-state index in [9.17, 15) is 5.11 Å². The highest BCUT2D eigenvalue weighted by atomic mass is 16.5. The molecule has 1 aromatic carbocycles. The second kappa shape index (κ2) is 7.70. The Kier molecular flexibility index (Phi) is 5.41. The number of aliphatic hydroxyl groups excluding tert-OH is 1. The van der Waals surface area contributed by atoms with E-state index in [2.05, 4.69) is 22.0 Å². The van der Waals surface area contributed by atoms with E-state index in [0.29, 0.717) is 12.6 Å². The third kappa shape index (κ3) is 4.18. The Balaban J connectivity index is 1.59. The molecule has 2 unspecified atom stereocenters. The number of rotatable bonds is 7. The van der Waals surface area contributed by atoms with E-state index in [-0.39, 0.29) is 0 Å². The molecule has 1 aliphatic heterocycles. The molecule has 0 aliphatic carbocycles. The summed E-state index contributed by atoms with van der Waals surface area (Å²) in [7, 11) is 0. The lowest BCUT2D eigenvalue weighted by Crippen LogP contribution is -2.30. The highest BCUT2D eigenvalue weighted by molar-refractivity contribution is 5.17. The molecule has 5 nitrogen and oxygen atoms in total. The standard InChI is InChI=1S/C18H25N3O2/c1-2-7-18-19-17(20-23-18)13-21-11-6-10-15(21)12-16(22)14-8-4-3-5-9-14/h3-5,8-9,15-16,22H,2,6-7,10-13H2,1H3. The van der Waals surface area contributed by atoms with Crippen LogP contribution in [-0.2, 0) is 13.0 Å². The van der Waals surface area contributed by atoms with Gasteiger partial charge in [-0.3, -0.25) is 4.90 Å². The Morgan fingerprint density at radius 3 is 2.96 bits per heavy atom. The highest BCUT2D eigenvalue weighted by Crippen LogP contribution is 2.28. The molecule has 1 saturated heterocycles. The predicted molar refractivity (Wildman–Crippen MR) is 87.7 cm³/mol. The van der Waals surface area contributed by atoms with Crippen LogP contribution in [0.25, 0.3) is 0 Å². The second-order valence-electron chi connectivity index (χ2n) is 6.28. The van der Waals surface area contributed by atoms with Crippen molar-refractivity contribution in [2.45, 2.75) is 57.7 Å². The van der Waals surface area contributed by atoms with Gasteiger partial charge >= 0.3 is 0 Å². The van der Waals surface area contributed by atoms with Crippen LogP contribution in [0, 0.1) is 0 Å². The zero-order valence-electron chi connectivity index (χ0n) is 13.7. The van der Waals surface area contributed by atoms with Crippen molar-refractivity contribution in [1.82, 2.24) is 15.0 Å². The van der Waals surface area contributed by atoms with Gasteiger partial charge < -0.3 is 9.63 Å². The van der Waals surface area contributed by atoms with Crippen molar-refractivity contribution in [2.75, 3.05) is 6.54 Å². The van der Waals surface area contributed by atoms with Crippen LogP contribution < -0.4 is 0 Å². The lowest BCUT2D eigenvalue weighted by Gasteiger charge is -2.25. The summed E-state index contributed by atoms with van der Waals surface area (Å²) < 4.78 is 5.26.